The summed E-state index contributed by atoms with van der Waals surface area (Å²) in [6.07, 6.45) is 5.70. The van der Waals surface area contributed by atoms with Crippen molar-refractivity contribution in [1.29, 1.82) is 0 Å². The fourth-order valence-electron chi connectivity index (χ4n) is 2.89. The molecule has 2 rings (SSSR count). The average Bonchev–Trinajstić information content (AvgIpc) is 2.71. The van der Waals surface area contributed by atoms with Crippen molar-refractivity contribution in [2.75, 3.05) is 14.2 Å². The van der Waals surface area contributed by atoms with Crippen LogP contribution in [0, 0.1) is 0 Å². The molecule has 1 atom stereocenters. The van der Waals surface area contributed by atoms with Crippen LogP contribution in [0.1, 0.15) is 41.3 Å². The number of rotatable bonds is 9. The molecular weight excluding hydrogens is 356 g/mol. The van der Waals surface area contributed by atoms with Crippen LogP contribution < -0.4 is 4.74 Å². The third kappa shape index (κ3) is 6.58. The van der Waals surface area contributed by atoms with E-state index in [0.717, 1.165) is 18.4 Å². The Labute approximate surface area is 165 Å². The van der Waals surface area contributed by atoms with Crippen molar-refractivity contribution in [3.05, 3.63) is 71.3 Å². The lowest BCUT2D eigenvalue weighted by Crippen LogP contribution is -2.16. The Balaban J connectivity index is 2.07. The highest BCUT2D eigenvalue weighted by atomic mass is 16.5. The summed E-state index contributed by atoms with van der Waals surface area (Å²) in [5.41, 5.74) is 2.41. The zero-order valence-electron chi connectivity index (χ0n) is 16.5. The van der Waals surface area contributed by atoms with Crippen LogP contribution in [0.4, 0.5) is 0 Å². The van der Waals surface area contributed by atoms with E-state index in [1.807, 2.05) is 30.4 Å². The number of carbonyl (C=O) groups excluding carboxylic acids is 2. The number of esters is 2. The molecule has 5 heteroatoms. The van der Waals surface area contributed by atoms with E-state index < -0.39 is 5.97 Å². The van der Waals surface area contributed by atoms with Crippen molar-refractivity contribution in [3.8, 4) is 5.75 Å². The largest absolute Gasteiger partial charge is 0.496 e. The molecule has 148 valence electrons. The van der Waals surface area contributed by atoms with Crippen LogP contribution in [0.25, 0.3) is 6.08 Å². The second-order valence-corrected chi connectivity index (χ2v) is 6.34. The zero-order chi connectivity index (χ0) is 20.4. The van der Waals surface area contributed by atoms with Gasteiger partial charge in [-0.3, -0.25) is 4.79 Å². The molecule has 2 aromatic carbocycles. The first-order chi connectivity index (χ1) is 13.5. The summed E-state index contributed by atoms with van der Waals surface area (Å²) < 4.78 is 15.6. The van der Waals surface area contributed by atoms with Crippen LogP contribution in [0.5, 0.6) is 5.75 Å². The number of benzene rings is 2. The van der Waals surface area contributed by atoms with Gasteiger partial charge in [0, 0.05) is 18.9 Å². The first-order valence-corrected chi connectivity index (χ1v) is 9.17. The maximum absolute atomic E-state index is 11.7. The monoisotopic (exact) mass is 382 g/mol. The van der Waals surface area contributed by atoms with Gasteiger partial charge in [-0.25, -0.2) is 4.79 Å². The van der Waals surface area contributed by atoms with E-state index in [-0.39, 0.29) is 12.1 Å². The minimum absolute atomic E-state index is 0.219. The van der Waals surface area contributed by atoms with Gasteiger partial charge in [0.05, 0.1) is 19.8 Å². The molecule has 0 saturated heterocycles. The summed E-state index contributed by atoms with van der Waals surface area (Å²) in [6.45, 7) is 1.42. The molecule has 0 fully saturated rings. The number of carbonyl (C=O) groups is 2. The molecule has 0 N–H and O–H groups in total. The molecule has 1 unspecified atom stereocenters. The molecule has 0 radical (unpaired) electrons. The molecule has 2 aromatic rings. The Hall–Kier alpha value is -3.08. The highest BCUT2D eigenvalue weighted by Crippen LogP contribution is 2.22. The lowest BCUT2D eigenvalue weighted by Gasteiger charge is -2.15. The van der Waals surface area contributed by atoms with E-state index in [2.05, 4.69) is 12.1 Å². The van der Waals surface area contributed by atoms with Gasteiger partial charge in [0.15, 0.2) is 0 Å². The maximum Gasteiger partial charge on any atom is 0.337 e. The van der Waals surface area contributed by atoms with Crippen LogP contribution in [0.3, 0.4) is 0 Å². The summed E-state index contributed by atoms with van der Waals surface area (Å²) in [7, 11) is 2.92. The minimum Gasteiger partial charge on any atom is -0.496 e. The van der Waals surface area contributed by atoms with E-state index in [1.54, 1.807) is 25.3 Å². The second-order valence-electron chi connectivity index (χ2n) is 6.34. The van der Waals surface area contributed by atoms with Crippen LogP contribution in [-0.2, 0) is 20.7 Å². The lowest BCUT2D eigenvalue weighted by molar-refractivity contribution is -0.146. The molecule has 0 aliphatic carbocycles. The van der Waals surface area contributed by atoms with Crippen LogP contribution >= 0.6 is 0 Å². The molecule has 0 aromatic heterocycles. The van der Waals surface area contributed by atoms with Gasteiger partial charge < -0.3 is 14.2 Å². The topological polar surface area (TPSA) is 61.8 Å². The molecule has 5 nitrogen and oxygen atoms in total. The summed E-state index contributed by atoms with van der Waals surface area (Å²) in [5.74, 6) is -0.0492. The standard InChI is InChI=1S/C23H26O5/c1-17(24)28-21(14-12-18-8-5-4-6-9-18)11-7-10-19-16-20(23(25)27-3)13-15-22(19)26-2/h4-10,13,15-16,21H,11-12,14H2,1-3H3/b10-7-. The Morgan fingerprint density at radius 2 is 1.82 bits per heavy atom. The molecular formula is C23H26O5. The first kappa shape index (κ1) is 21.2. The average molecular weight is 382 g/mol. The summed E-state index contributed by atoms with van der Waals surface area (Å²) >= 11 is 0. The molecule has 0 saturated carbocycles. The molecule has 28 heavy (non-hydrogen) atoms. The van der Waals surface area contributed by atoms with Crippen molar-refractivity contribution >= 4 is 18.0 Å². The molecule has 0 aliphatic rings. The number of ether oxygens (including phenoxy) is 3. The van der Waals surface area contributed by atoms with Gasteiger partial charge >= 0.3 is 11.9 Å². The van der Waals surface area contributed by atoms with Crippen LogP contribution in [-0.4, -0.2) is 32.3 Å². The van der Waals surface area contributed by atoms with Crippen LogP contribution in [0.2, 0.25) is 0 Å². The Morgan fingerprint density at radius 1 is 1.07 bits per heavy atom. The van der Waals surface area contributed by atoms with Crippen molar-refractivity contribution < 1.29 is 23.8 Å². The van der Waals surface area contributed by atoms with Gasteiger partial charge in [0.1, 0.15) is 11.9 Å². The van der Waals surface area contributed by atoms with E-state index >= 15 is 0 Å². The van der Waals surface area contributed by atoms with Crippen molar-refractivity contribution in [2.45, 2.75) is 32.3 Å². The van der Waals surface area contributed by atoms with E-state index in [9.17, 15) is 9.59 Å². The summed E-state index contributed by atoms with van der Waals surface area (Å²) in [4.78, 5) is 23.2. The quantitative estimate of drug-likeness (QED) is 0.600. The summed E-state index contributed by atoms with van der Waals surface area (Å²) in [6, 6.07) is 15.2. The van der Waals surface area contributed by atoms with E-state index in [4.69, 9.17) is 14.2 Å². The Morgan fingerprint density at radius 3 is 2.46 bits per heavy atom. The van der Waals surface area contributed by atoms with E-state index in [0.29, 0.717) is 17.7 Å². The van der Waals surface area contributed by atoms with Crippen LogP contribution in [0.15, 0.2) is 54.6 Å². The molecule has 0 spiro atoms. The molecule has 0 heterocycles. The predicted molar refractivity (Wildman–Crippen MR) is 108 cm³/mol. The minimum atomic E-state index is -0.405. The van der Waals surface area contributed by atoms with E-state index in [1.165, 1.54) is 19.6 Å². The predicted octanol–water partition coefficient (Wildman–Crippen LogP) is 4.45. The van der Waals surface area contributed by atoms with Crippen molar-refractivity contribution in [1.82, 2.24) is 0 Å². The molecule has 0 aliphatic heterocycles. The third-order valence-corrected chi connectivity index (χ3v) is 4.28. The highest BCUT2D eigenvalue weighted by molar-refractivity contribution is 5.90. The van der Waals surface area contributed by atoms with Gasteiger partial charge in [0.25, 0.3) is 0 Å². The van der Waals surface area contributed by atoms with Gasteiger partial charge in [-0.05, 0) is 36.6 Å². The van der Waals surface area contributed by atoms with Crippen molar-refractivity contribution in [2.24, 2.45) is 0 Å². The third-order valence-electron chi connectivity index (χ3n) is 4.28. The normalized spacial score (nSPS) is 11.8. The van der Waals surface area contributed by atoms with Crippen molar-refractivity contribution in [3.63, 3.8) is 0 Å². The first-order valence-electron chi connectivity index (χ1n) is 9.17. The number of hydrogen-bond acceptors (Lipinski definition) is 5. The maximum atomic E-state index is 11.7. The Bertz CT molecular complexity index is 811. The van der Waals surface area contributed by atoms with Gasteiger partial charge in [-0.15, -0.1) is 0 Å². The fourth-order valence-corrected chi connectivity index (χ4v) is 2.89. The SMILES string of the molecule is COC(=O)c1ccc(OC)c(/C=C\CC(CCc2ccccc2)OC(C)=O)c1. The molecule has 0 bridgehead atoms. The Kier molecular flexibility index (Phi) is 8.28. The number of aryl methyl sites for hydroxylation is 1. The number of methoxy groups -OCH3 is 2. The second kappa shape index (κ2) is 10.9. The highest BCUT2D eigenvalue weighted by Gasteiger charge is 2.12. The van der Waals surface area contributed by atoms with Gasteiger partial charge in [-0.1, -0.05) is 42.5 Å². The smallest absolute Gasteiger partial charge is 0.337 e. The molecule has 0 amide bonds. The summed E-state index contributed by atoms with van der Waals surface area (Å²) in [5, 5.41) is 0. The number of hydrogen-bond donors (Lipinski definition) is 0. The lowest BCUT2D eigenvalue weighted by atomic mass is 10.0. The zero-order valence-corrected chi connectivity index (χ0v) is 16.5. The fraction of sp³-hybridized carbons (Fsp3) is 0.304. The van der Waals surface area contributed by atoms with Gasteiger partial charge in [-0.2, -0.15) is 0 Å². The van der Waals surface area contributed by atoms with Gasteiger partial charge in [0.2, 0.25) is 0 Å².